The summed E-state index contributed by atoms with van der Waals surface area (Å²) in [5, 5.41) is 7.06. The molecule has 1 amide bonds. The van der Waals surface area contributed by atoms with Crippen molar-refractivity contribution in [2.24, 2.45) is 7.05 Å². The maximum Gasteiger partial charge on any atom is 0.280 e. The summed E-state index contributed by atoms with van der Waals surface area (Å²) in [6.45, 7) is 1.86. The maximum atomic E-state index is 13.3. The van der Waals surface area contributed by atoms with Gasteiger partial charge in [-0.05, 0) is 41.8 Å². The normalized spacial score (nSPS) is 11.0. The Bertz CT molecular complexity index is 988. The van der Waals surface area contributed by atoms with E-state index in [-0.39, 0.29) is 18.0 Å². The van der Waals surface area contributed by atoms with Crippen LogP contribution in [0.5, 0.6) is 0 Å². The summed E-state index contributed by atoms with van der Waals surface area (Å²) in [5.41, 5.74) is 2.71. The Labute approximate surface area is 160 Å². The van der Waals surface area contributed by atoms with E-state index in [4.69, 9.17) is 11.6 Å². The zero-order chi connectivity index (χ0) is 19.6. The molecule has 0 fully saturated rings. The van der Waals surface area contributed by atoms with Crippen LogP contribution in [0.1, 0.15) is 23.2 Å². The summed E-state index contributed by atoms with van der Waals surface area (Å²) in [6.07, 6.45) is 1.96. The Hall–Kier alpha value is -2.80. The van der Waals surface area contributed by atoms with Crippen molar-refractivity contribution in [1.82, 2.24) is 14.8 Å². The highest BCUT2D eigenvalue weighted by Gasteiger charge is 2.20. The average Bonchev–Trinajstić information content (AvgIpc) is 2.98. The number of alkyl halides is 2. The minimum atomic E-state index is -2.67. The molecule has 0 aliphatic heterocycles. The summed E-state index contributed by atoms with van der Waals surface area (Å²) >= 11 is 6.15. The molecule has 0 aliphatic carbocycles. The van der Waals surface area contributed by atoms with Gasteiger partial charge in [0, 0.05) is 23.8 Å². The number of carbonyl (C=O) groups excluding carboxylic acids is 1. The van der Waals surface area contributed by atoms with E-state index in [2.05, 4.69) is 15.4 Å². The van der Waals surface area contributed by atoms with Crippen LogP contribution in [-0.2, 0) is 18.3 Å². The Morgan fingerprint density at radius 3 is 2.78 bits per heavy atom. The number of pyridine rings is 1. The topological polar surface area (TPSA) is 59.8 Å². The first-order valence-corrected chi connectivity index (χ1v) is 8.53. The second kappa shape index (κ2) is 7.84. The van der Waals surface area contributed by atoms with Crippen LogP contribution in [0, 0.1) is 6.92 Å². The van der Waals surface area contributed by atoms with Crippen molar-refractivity contribution in [3.63, 3.8) is 0 Å². The van der Waals surface area contributed by atoms with Crippen LogP contribution < -0.4 is 5.32 Å². The van der Waals surface area contributed by atoms with Gasteiger partial charge in [-0.3, -0.25) is 14.5 Å². The van der Waals surface area contributed by atoms with E-state index in [0.717, 1.165) is 10.2 Å². The fourth-order valence-electron chi connectivity index (χ4n) is 2.81. The average molecular weight is 391 g/mol. The number of rotatable bonds is 5. The first-order valence-electron chi connectivity index (χ1n) is 8.15. The highest BCUT2D eigenvalue weighted by atomic mass is 35.5. The quantitative estimate of drug-likeness (QED) is 0.694. The van der Waals surface area contributed by atoms with Gasteiger partial charge < -0.3 is 5.32 Å². The second-order valence-electron chi connectivity index (χ2n) is 6.13. The van der Waals surface area contributed by atoms with Crippen molar-refractivity contribution >= 4 is 23.2 Å². The van der Waals surface area contributed by atoms with Crippen molar-refractivity contribution in [3.05, 3.63) is 64.7 Å². The third kappa shape index (κ3) is 4.31. The highest BCUT2D eigenvalue weighted by Crippen LogP contribution is 2.33. The number of hydrogen-bond donors (Lipinski definition) is 1. The van der Waals surface area contributed by atoms with Crippen molar-refractivity contribution in [3.8, 4) is 11.1 Å². The van der Waals surface area contributed by atoms with E-state index in [0.29, 0.717) is 27.4 Å². The van der Waals surface area contributed by atoms with Crippen molar-refractivity contribution in [2.45, 2.75) is 19.8 Å². The molecule has 0 bridgehead atoms. The largest absolute Gasteiger partial charge is 0.324 e. The van der Waals surface area contributed by atoms with E-state index >= 15 is 0 Å². The number of nitrogens with zero attached hydrogens (tertiary/aromatic N) is 3. The van der Waals surface area contributed by atoms with Crippen LogP contribution in [0.25, 0.3) is 11.1 Å². The van der Waals surface area contributed by atoms with E-state index in [1.807, 2.05) is 6.92 Å². The molecule has 0 saturated carbocycles. The predicted octanol–water partition coefficient (Wildman–Crippen LogP) is 4.56. The SMILES string of the molecule is Cc1ccncc1NC(=O)Cc1cc(Cl)cc(-c2cnn(C)c2C(F)F)c1. The van der Waals surface area contributed by atoms with Gasteiger partial charge in [-0.1, -0.05) is 17.7 Å². The van der Waals surface area contributed by atoms with Crippen molar-refractivity contribution < 1.29 is 13.6 Å². The summed E-state index contributed by atoms with van der Waals surface area (Å²) in [5.74, 6) is -0.250. The number of halogens is 3. The molecule has 1 aromatic carbocycles. The number of anilines is 1. The molecule has 2 heterocycles. The van der Waals surface area contributed by atoms with Crippen LogP contribution >= 0.6 is 11.6 Å². The molecule has 5 nitrogen and oxygen atoms in total. The number of amides is 1. The van der Waals surface area contributed by atoms with Gasteiger partial charge in [-0.15, -0.1) is 0 Å². The molecule has 8 heteroatoms. The third-order valence-corrected chi connectivity index (χ3v) is 4.36. The van der Waals surface area contributed by atoms with Gasteiger partial charge >= 0.3 is 0 Å². The van der Waals surface area contributed by atoms with Gasteiger partial charge in [0.05, 0.1) is 24.5 Å². The minimum absolute atomic E-state index is 0.0478. The summed E-state index contributed by atoms with van der Waals surface area (Å²) in [4.78, 5) is 16.3. The lowest BCUT2D eigenvalue weighted by Crippen LogP contribution is -2.15. The molecular weight excluding hydrogens is 374 g/mol. The molecule has 0 atom stereocenters. The molecule has 140 valence electrons. The number of aromatic nitrogens is 3. The third-order valence-electron chi connectivity index (χ3n) is 4.14. The fraction of sp³-hybridized carbons (Fsp3) is 0.211. The lowest BCUT2D eigenvalue weighted by molar-refractivity contribution is -0.115. The second-order valence-corrected chi connectivity index (χ2v) is 6.57. The van der Waals surface area contributed by atoms with Crippen LogP contribution in [0.3, 0.4) is 0 Å². The first kappa shape index (κ1) is 19.0. The van der Waals surface area contributed by atoms with Crippen LogP contribution in [0.15, 0.2) is 42.9 Å². The van der Waals surface area contributed by atoms with E-state index < -0.39 is 6.43 Å². The number of aryl methyl sites for hydroxylation is 2. The molecule has 0 unspecified atom stereocenters. The Morgan fingerprint density at radius 1 is 1.30 bits per heavy atom. The molecule has 0 saturated heterocycles. The Balaban J connectivity index is 1.86. The monoisotopic (exact) mass is 390 g/mol. The summed E-state index contributed by atoms with van der Waals surface area (Å²) in [7, 11) is 1.46. The summed E-state index contributed by atoms with van der Waals surface area (Å²) in [6, 6.07) is 6.68. The van der Waals surface area contributed by atoms with Gasteiger partial charge in [-0.2, -0.15) is 5.10 Å². The highest BCUT2D eigenvalue weighted by molar-refractivity contribution is 6.31. The lowest BCUT2D eigenvalue weighted by atomic mass is 10.0. The molecular formula is C19H17ClF2N4O. The molecule has 3 aromatic rings. The Morgan fingerprint density at radius 2 is 2.07 bits per heavy atom. The molecule has 27 heavy (non-hydrogen) atoms. The van der Waals surface area contributed by atoms with Crippen LogP contribution in [-0.4, -0.2) is 20.7 Å². The fourth-order valence-corrected chi connectivity index (χ4v) is 3.07. The summed E-state index contributed by atoms with van der Waals surface area (Å²) < 4.78 is 27.8. The van der Waals surface area contributed by atoms with Gasteiger partial charge in [0.25, 0.3) is 6.43 Å². The standard InChI is InChI=1S/C19H17ClF2N4O/c1-11-3-4-23-10-16(11)25-17(27)7-12-5-13(8-14(20)6-12)15-9-24-26(2)18(15)19(21)22/h3-6,8-10,19H,7H2,1-2H3,(H,25,27). The van der Waals surface area contributed by atoms with Gasteiger partial charge in [0.15, 0.2) is 0 Å². The van der Waals surface area contributed by atoms with Crippen LogP contribution in [0.4, 0.5) is 14.5 Å². The zero-order valence-corrected chi connectivity index (χ0v) is 15.5. The van der Waals surface area contributed by atoms with Gasteiger partial charge in [0.1, 0.15) is 5.69 Å². The molecule has 3 rings (SSSR count). The van der Waals surface area contributed by atoms with E-state index in [1.165, 1.54) is 13.2 Å². The number of benzene rings is 1. The number of nitrogens with one attached hydrogen (secondary N) is 1. The zero-order valence-electron chi connectivity index (χ0n) is 14.7. The predicted molar refractivity (Wildman–Crippen MR) is 99.9 cm³/mol. The van der Waals surface area contributed by atoms with Crippen molar-refractivity contribution in [1.29, 1.82) is 0 Å². The van der Waals surface area contributed by atoms with E-state index in [1.54, 1.807) is 36.7 Å². The number of hydrogen-bond acceptors (Lipinski definition) is 3. The molecule has 0 spiro atoms. The van der Waals surface area contributed by atoms with E-state index in [9.17, 15) is 13.6 Å². The van der Waals surface area contributed by atoms with Gasteiger partial charge in [-0.25, -0.2) is 8.78 Å². The molecule has 2 aromatic heterocycles. The van der Waals surface area contributed by atoms with Gasteiger partial charge in [0.2, 0.25) is 5.91 Å². The smallest absolute Gasteiger partial charge is 0.280 e. The maximum absolute atomic E-state index is 13.3. The van der Waals surface area contributed by atoms with Crippen LogP contribution in [0.2, 0.25) is 5.02 Å². The lowest BCUT2D eigenvalue weighted by Gasteiger charge is -2.10. The first-order chi connectivity index (χ1) is 12.8. The number of carbonyl (C=O) groups is 1. The van der Waals surface area contributed by atoms with Crippen molar-refractivity contribution in [2.75, 3.05) is 5.32 Å². The molecule has 0 aliphatic rings. The molecule has 0 radical (unpaired) electrons. The Kier molecular flexibility index (Phi) is 5.51. The minimum Gasteiger partial charge on any atom is -0.324 e. The molecule has 1 N–H and O–H groups in total.